The van der Waals surface area contributed by atoms with Crippen molar-refractivity contribution in [1.82, 2.24) is 15.0 Å². The monoisotopic (exact) mass is 736 g/mol. The molecule has 0 saturated heterocycles. The standard InChI is InChI=1S/C54H32N4/c55-33-40-26-27-46(43-19-8-7-18-41(40)43)49-31-30-48-45-21-10-9-20-44(45)47-29-28-42(50(49)51(47)48)39-17-11-16-38(32-39)34-22-24-37(25-23-34)54-57-52(35-12-3-1-4-13-35)56-53(58-54)36-14-5-2-6-15-36/h1-32H. The molecule has 58 heavy (non-hydrogen) atoms. The van der Waals surface area contributed by atoms with E-state index in [1.54, 1.807) is 0 Å². The van der Waals surface area contributed by atoms with Crippen LogP contribution in [0.4, 0.5) is 0 Å². The van der Waals surface area contributed by atoms with Gasteiger partial charge < -0.3 is 0 Å². The average Bonchev–Trinajstić information content (AvgIpc) is 3.64. The van der Waals surface area contributed by atoms with Crippen molar-refractivity contribution in [3.63, 3.8) is 0 Å². The fraction of sp³-hybridized carbons (Fsp3) is 0. The molecule has 0 spiro atoms. The zero-order valence-electron chi connectivity index (χ0n) is 31.3. The molecule has 0 unspecified atom stereocenters. The van der Waals surface area contributed by atoms with Crippen LogP contribution >= 0.6 is 0 Å². The Kier molecular flexibility index (Phi) is 7.84. The van der Waals surface area contributed by atoms with Crippen LogP contribution in [0.15, 0.2) is 194 Å². The molecule has 268 valence electrons. The summed E-state index contributed by atoms with van der Waals surface area (Å²) in [6.07, 6.45) is 0. The molecule has 0 fully saturated rings. The Labute approximate surface area is 336 Å². The lowest BCUT2D eigenvalue weighted by atomic mass is 9.86. The zero-order valence-corrected chi connectivity index (χ0v) is 31.3. The second-order valence-corrected chi connectivity index (χ2v) is 14.6. The van der Waals surface area contributed by atoms with Crippen molar-refractivity contribution in [2.75, 3.05) is 0 Å². The van der Waals surface area contributed by atoms with Crippen LogP contribution in [0.1, 0.15) is 5.56 Å². The molecule has 0 N–H and O–H groups in total. The first-order valence-corrected chi connectivity index (χ1v) is 19.4. The summed E-state index contributed by atoms with van der Waals surface area (Å²) >= 11 is 0. The number of nitrogens with zero attached hydrogens (tertiary/aromatic N) is 4. The maximum absolute atomic E-state index is 9.99. The molecule has 0 amide bonds. The van der Waals surface area contributed by atoms with Crippen LogP contribution in [0, 0.1) is 11.3 Å². The van der Waals surface area contributed by atoms with E-state index in [9.17, 15) is 5.26 Å². The first-order valence-electron chi connectivity index (χ1n) is 19.4. The van der Waals surface area contributed by atoms with E-state index < -0.39 is 0 Å². The topological polar surface area (TPSA) is 62.5 Å². The summed E-state index contributed by atoms with van der Waals surface area (Å²) in [5.74, 6) is 1.91. The largest absolute Gasteiger partial charge is 0.208 e. The van der Waals surface area contributed by atoms with Gasteiger partial charge in [-0.1, -0.05) is 182 Å². The molecule has 4 heteroatoms. The second-order valence-electron chi connectivity index (χ2n) is 14.6. The molecule has 10 aromatic rings. The highest BCUT2D eigenvalue weighted by Gasteiger charge is 2.25. The van der Waals surface area contributed by atoms with Crippen LogP contribution in [0.3, 0.4) is 0 Å². The van der Waals surface area contributed by atoms with Crippen molar-refractivity contribution < 1.29 is 0 Å². The Morgan fingerprint density at radius 3 is 1.33 bits per heavy atom. The predicted octanol–water partition coefficient (Wildman–Crippen LogP) is 13.7. The van der Waals surface area contributed by atoms with Gasteiger partial charge in [0.2, 0.25) is 0 Å². The summed E-state index contributed by atoms with van der Waals surface area (Å²) in [5.41, 5.74) is 15.3. The first-order chi connectivity index (χ1) is 28.7. The van der Waals surface area contributed by atoms with Crippen molar-refractivity contribution >= 4 is 21.5 Å². The van der Waals surface area contributed by atoms with E-state index in [0.29, 0.717) is 23.0 Å². The molecular formula is C54H32N4. The molecule has 1 aliphatic rings. The molecule has 0 bridgehead atoms. The summed E-state index contributed by atoms with van der Waals surface area (Å²) < 4.78 is 0. The van der Waals surface area contributed by atoms with Crippen molar-refractivity contribution in [2.45, 2.75) is 0 Å². The normalized spacial score (nSPS) is 11.4. The molecule has 1 heterocycles. The molecule has 9 aromatic carbocycles. The Balaban J connectivity index is 1.04. The Hall–Kier alpha value is -8.00. The minimum absolute atomic E-state index is 0.629. The number of hydrogen-bond acceptors (Lipinski definition) is 4. The van der Waals surface area contributed by atoms with Crippen molar-refractivity contribution in [2.24, 2.45) is 0 Å². The Morgan fingerprint density at radius 1 is 0.293 bits per heavy atom. The number of rotatable bonds is 6. The Bertz CT molecular complexity index is 3190. The predicted molar refractivity (Wildman–Crippen MR) is 237 cm³/mol. The van der Waals surface area contributed by atoms with Crippen molar-refractivity contribution in [1.29, 1.82) is 5.26 Å². The lowest BCUT2D eigenvalue weighted by molar-refractivity contribution is 1.07. The molecule has 1 aromatic heterocycles. The third-order valence-corrected chi connectivity index (χ3v) is 11.4. The number of aromatic nitrogens is 3. The fourth-order valence-corrected chi connectivity index (χ4v) is 8.61. The maximum Gasteiger partial charge on any atom is 0.164 e. The van der Waals surface area contributed by atoms with Gasteiger partial charge in [0.05, 0.1) is 11.6 Å². The smallest absolute Gasteiger partial charge is 0.164 e. The molecule has 11 rings (SSSR count). The number of fused-ring (bicyclic) bond motifs is 4. The van der Waals surface area contributed by atoms with Crippen molar-refractivity contribution in [3.05, 3.63) is 200 Å². The van der Waals surface area contributed by atoms with Gasteiger partial charge in [-0.05, 0) is 83.9 Å². The van der Waals surface area contributed by atoms with Gasteiger partial charge in [-0.2, -0.15) is 5.26 Å². The van der Waals surface area contributed by atoms with E-state index in [1.807, 2.05) is 78.9 Å². The van der Waals surface area contributed by atoms with Gasteiger partial charge in [0, 0.05) is 22.1 Å². The third kappa shape index (κ3) is 5.49. The third-order valence-electron chi connectivity index (χ3n) is 11.4. The Morgan fingerprint density at radius 2 is 0.724 bits per heavy atom. The SMILES string of the molecule is N#Cc1ccc(-c2ccc3c4c(ccc(-c5cccc(-c6ccc(-c7nc(-c8ccccc8)nc(-c8ccccc8)n7)cc6)c5)c24)-c2ccccc2-3)c2ccccc12. The summed E-state index contributed by atoms with van der Waals surface area (Å²) in [5, 5.41) is 14.5. The molecule has 0 saturated carbocycles. The maximum atomic E-state index is 9.99. The van der Waals surface area contributed by atoms with Gasteiger partial charge >= 0.3 is 0 Å². The summed E-state index contributed by atoms with van der Waals surface area (Å²) in [7, 11) is 0. The first kappa shape index (κ1) is 33.3. The molecule has 0 atom stereocenters. The molecule has 1 aliphatic carbocycles. The average molecular weight is 737 g/mol. The number of nitriles is 1. The van der Waals surface area contributed by atoms with Crippen LogP contribution < -0.4 is 0 Å². The van der Waals surface area contributed by atoms with Crippen molar-refractivity contribution in [3.8, 4) is 95.9 Å². The summed E-state index contributed by atoms with van der Waals surface area (Å²) in [6.45, 7) is 0. The highest BCUT2D eigenvalue weighted by Crippen LogP contribution is 2.52. The van der Waals surface area contributed by atoms with E-state index in [2.05, 4.69) is 121 Å². The molecule has 0 aliphatic heterocycles. The summed E-state index contributed by atoms with van der Waals surface area (Å²) in [6, 6.07) is 70.0. The van der Waals surface area contributed by atoms with E-state index in [4.69, 9.17) is 15.0 Å². The van der Waals surface area contributed by atoms with Crippen LogP contribution in [0.2, 0.25) is 0 Å². The van der Waals surface area contributed by atoms with E-state index >= 15 is 0 Å². The van der Waals surface area contributed by atoms with Gasteiger partial charge in [0.25, 0.3) is 0 Å². The van der Waals surface area contributed by atoms with Crippen LogP contribution in [-0.4, -0.2) is 15.0 Å². The number of benzene rings is 9. The lowest BCUT2D eigenvalue weighted by Gasteiger charge is -2.17. The van der Waals surface area contributed by atoms with Gasteiger partial charge in [0.1, 0.15) is 0 Å². The molecule has 0 radical (unpaired) electrons. The quantitative estimate of drug-likeness (QED) is 0.170. The summed E-state index contributed by atoms with van der Waals surface area (Å²) in [4.78, 5) is 14.7. The van der Waals surface area contributed by atoms with Gasteiger partial charge in [-0.3, -0.25) is 0 Å². The van der Waals surface area contributed by atoms with E-state index in [-0.39, 0.29) is 0 Å². The van der Waals surface area contributed by atoms with Crippen LogP contribution in [0.5, 0.6) is 0 Å². The zero-order chi connectivity index (χ0) is 38.6. The molecule has 4 nitrogen and oxygen atoms in total. The van der Waals surface area contributed by atoms with E-state index in [0.717, 1.165) is 55.3 Å². The highest BCUT2D eigenvalue weighted by atomic mass is 15.0. The number of hydrogen-bond donors (Lipinski definition) is 0. The minimum Gasteiger partial charge on any atom is -0.208 e. The van der Waals surface area contributed by atoms with Gasteiger partial charge in [-0.15, -0.1) is 0 Å². The second kappa shape index (κ2) is 13.6. The van der Waals surface area contributed by atoms with Gasteiger partial charge in [-0.25, -0.2) is 15.0 Å². The molecular weight excluding hydrogens is 705 g/mol. The van der Waals surface area contributed by atoms with Crippen LogP contribution in [-0.2, 0) is 0 Å². The van der Waals surface area contributed by atoms with Crippen LogP contribution in [0.25, 0.3) is 111 Å². The lowest BCUT2D eigenvalue weighted by Crippen LogP contribution is -2.00. The fourth-order valence-electron chi connectivity index (χ4n) is 8.61. The highest BCUT2D eigenvalue weighted by molar-refractivity contribution is 6.24. The van der Waals surface area contributed by atoms with Gasteiger partial charge in [0.15, 0.2) is 17.5 Å². The van der Waals surface area contributed by atoms with E-state index in [1.165, 1.54) is 38.6 Å². The minimum atomic E-state index is 0.629.